The quantitative estimate of drug-likeness (QED) is 0.884. The van der Waals surface area contributed by atoms with Crippen molar-refractivity contribution in [2.45, 2.75) is 50.8 Å². The van der Waals surface area contributed by atoms with Gasteiger partial charge in [-0.3, -0.25) is 0 Å². The van der Waals surface area contributed by atoms with Crippen molar-refractivity contribution in [2.24, 2.45) is 0 Å². The SMILES string of the molecule is COCc1nc2n(n1)CCCC2NS(=O)(=O)c1cc(C)sc1C. The molecule has 0 bridgehead atoms. The predicted octanol–water partition coefficient (Wildman–Crippen LogP) is 1.92. The number of nitrogens with zero attached hydrogens (tertiary/aromatic N) is 3. The Morgan fingerprint density at radius 2 is 2.26 bits per heavy atom. The molecule has 1 atom stereocenters. The lowest BCUT2D eigenvalue weighted by Crippen LogP contribution is -2.33. The number of aryl methyl sites for hydroxylation is 3. The largest absolute Gasteiger partial charge is 0.377 e. The number of thiophene rings is 1. The van der Waals surface area contributed by atoms with Crippen LogP contribution in [0, 0.1) is 13.8 Å². The molecule has 1 unspecified atom stereocenters. The zero-order valence-corrected chi connectivity index (χ0v) is 15.0. The fourth-order valence-electron chi connectivity index (χ4n) is 2.83. The first kappa shape index (κ1) is 16.6. The summed E-state index contributed by atoms with van der Waals surface area (Å²) in [4.78, 5) is 6.57. The Kier molecular flexibility index (Phi) is 4.54. The van der Waals surface area contributed by atoms with Crippen LogP contribution in [0.1, 0.15) is 40.3 Å². The molecule has 0 fully saturated rings. The Morgan fingerprint density at radius 3 is 2.91 bits per heavy atom. The number of rotatable bonds is 5. The van der Waals surface area contributed by atoms with Gasteiger partial charge in [-0.05, 0) is 32.8 Å². The van der Waals surface area contributed by atoms with E-state index < -0.39 is 10.0 Å². The number of hydrogen-bond donors (Lipinski definition) is 1. The van der Waals surface area contributed by atoms with Gasteiger partial charge in [0.25, 0.3) is 0 Å². The normalized spacial score (nSPS) is 18.1. The molecule has 0 aliphatic carbocycles. The molecule has 0 amide bonds. The smallest absolute Gasteiger partial charge is 0.242 e. The molecule has 23 heavy (non-hydrogen) atoms. The second-order valence-electron chi connectivity index (χ2n) is 5.64. The summed E-state index contributed by atoms with van der Waals surface area (Å²) >= 11 is 1.49. The van der Waals surface area contributed by atoms with Gasteiger partial charge in [0.2, 0.25) is 10.0 Å². The molecule has 0 saturated carbocycles. The molecular formula is C14H20N4O3S2. The van der Waals surface area contributed by atoms with Gasteiger partial charge in [-0.15, -0.1) is 11.3 Å². The van der Waals surface area contributed by atoms with Gasteiger partial charge in [0, 0.05) is 23.4 Å². The molecule has 0 saturated heterocycles. The molecule has 7 nitrogen and oxygen atoms in total. The number of methoxy groups -OCH3 is 1. The molecule has 3 rings (SSSR count). The summed E-state index contributed by atoms with van der Waals surface area (Å²) in [5.74, 6) is 1.24. The summed E-state index contributed by atoms with van der Waals surface area (Å²) in [6, 6.07) is 1.36. The maximum Gasteiger partial charge on any atom is 0.242 e. The average molecular weight is 356 g/mol. The molecule has 2 aromatic heterocycles. The van der Waals surface area contributed by atoms with Gasteiger partial charge in [-0.2, -0.15) is 5.10 Å². The van der Waals surface area contributed by atoms with E-state index in [1.54, 1.807) is 17.9 Å². The average Bonchev–Trinajstić information content (AvgIpc) is 3.02. The van der Waals surface area contributed by atoms with Gasteiger partial charge in [0.1, 0.15) is 12.4 Å². The van der Waals surface area contributed by atoms with Crippen molar-refractivity contribution in [3.05, 3.63) is 27.5 Å². The second kappa shape index (κ2) is 6.31. The number of fused-ring (bicyclic) bond motifs is 1. The van der Waals surface area contributed by atoms with Gasteiger partial charge in [0.15, 0.2) is 5.82 Å². The lowest BCUT2D eigenvalue weighted by Gasteiger charge is -2.22. The summed E-state index contributed by atoms with van der Waals surface area (Å²) in [7, 11) is -1.98. The highest BCUT2D eigenvalue weighted by Gasteiger charge is 2.30. The molecular weight excluding hydrogens is 336 g/mol. The van der Waals surface area contributed by atoms with E-state index in [1.807, 2.05) is 13.8 Å². The standard InChI is InChI=1S/C14H20N4O3S2/c1-9-7-12(10(2)22-9)23(19,20)17-11-5-4-6-18-14(11)15-13(16-18)8-21-3/h7,11,17H,4-6,8H2,1-3H3. The second-order valence-corrected chi connectivity index (χ2v) is 8.78. The van der Waals surface area contributed by atoms with Crippen LogP contribution in [0.2, 0.25) is 0 Å². The van der Waals surface area contributed by atoms with E-state index in [9.17, 15) is 8.42 Å². The van der Waals surface area contributed by atoms with Crippen molar-refractivity contribution in [3.8, 4) is 0 Å². The van der Waals surface area contributed by atoms with E-state index >= 15 is 0 Å². The minimum absolute atomic E-state index is 0.322. The fraction of sp³-hybridized carbons (Fsp3) is 0.571. The van der Waals surface area contributed by atoms with E-state index in [0.29, 0.717) is 29.6 Å². The van der Waals surface area contributed by atoms with Crippen LogP contribution in [0.4, 0.5) is 0 Å². The number of sulfonamides is 1. The highest BCUT2D eigenvalue weighted by Crippen LogP contribution is 2.29. The first-order valence-corrected chi connectivity index (χ1v) is 9.72. The Labute approximate surface area is 139 Å². The van der Waals surface area contributed by atoms with E-state index in [1.165, 1.54) is 11.3 Å². The molecule has 0 aromatic carbocycles. The monoisotopic (exact) mass is 356 g/mol. The highest BCUT2D eigenvalue weighted by atomic mass is 32.2. The molecule has 126 valence electrons. The maximum absolute atomic E-state index is 12.7. The third-order valence-electron chi connectivity index (χ3n) is 3.77. The summed E-state index contributed by atoms with van der Waals surface area (Å²) in [6.07, 6.45) is 1.57. The van der Waals surface area contributed by atoms with E-state index in [4.69, 9.17) is 4.74 Å². The Balaban J connectivity index is 1.88. The van der Waals surface area contributed by atoms with Crippen molar-refractivity contribution in [3.63, 3.8) is 0 Å². The summed E-state index contributed by atoms with van der Waals surface area (Å²) in [5.41, 5.74) is 0. The number of hydrogen-bond acceptors (Lipinski definition) is 6. The van der Waals surface area contributed by atoms with E-state index in [-0.39, 0.29) is 6.04 Å². The van der Waals surface area contributed by atoms with Crippen molar-refractivity contribution < 1.29 is 13.2 Å². The van der Waals surface area contributed by atoms with Crippen molar-refractivity contribution in [1.82, 2.24) is 19.5 Å². The summed E-state index contributed by atoms with van der Waals surface area (Å²) < 4.78 is 35.0. The topological polar surface area (TPSA) is 86.1 Å². The van der Waals surface area contributed by atoms with Gasteiger partial charge in [0.05, 0.1) is 10.9 Å². The minimum atomic E-state index is -3.57. The predicted molar refractivity (Wildman–Crippen MR) is 86.8 cm³/mol. The number of ether oxygens (including phenoxy) is 1. The maximum atomic E-state index is 12.7. The van der Waals surface area contributed by atoms with Crippen molar-refractivity contribution >= 4 is 21.4 Å². The first-order valence-electron chi connectivity index (χ1n) is 7.42. The van der Waals surface area contributed by atoms with Crippen molar-refractivity contribution in [1.29, 1.82) is 0 Å². The van der Waals surface area contributed by atoms with E-state index in [0.717, 1.165) is 22.7 Å². The van der Waals surface area contributed by atoms with Crippen LogP contribution >= 0.6 is 11.3 Å². The lowest BCUT2D eigenvalue weighted by molar-refractivity contribution is 0.177. The van der Waals surface area contributed by atoms with Crippen LogP contribution in [-0.2, 0) is 27.9 Å². The number of nitrogens with one attached hydrogen (secondary N) is 1. The van der Waals surface area contributed by atoms with Crippen LogP contribution in [0.15, 0.2) is 11.0 Å². The fourth-order valence-corrected chi connectivity index (χ4v) is 5.61. The molecule has 1 aliphatic heterocycles. The minimum Gasteiger partial charge on any atom is -0.377 e. The first-order chi connectivity index (χ1) is 10.9. The number of aromatic nitrogens is 3. The van der Waals surface area contributed by atoms with Gasteiger partial charge < -0.3 is 4.74 Å². The van der Waals surface area contributed by atoms with Gasteiger partial charge in [-0.25, -0.2) is 22.8 Å². The third-order valence-corrected chi connectivity index (χ3v) is 6.47. The summed E-state index contributed by atoms with van der Waals surface area (Å²) in [5, 5.41) is 4.36. The van der Waals surface area contributed by atoms with Crippen LogP contribution in [0.5, 0.6) is 0 Å². The Morgan fingerprint density at radius 1 is 1.48 bits per heavy atom. The van der Waals surface area contributed by atoms with Crippen LogP contribution < -0.4 is 4.72 Å². The Hall–Kier alpha value is -1.29. The van der Waals surface area contributed by atoms with E-state index in [2.05, 4.69) is 14.8 Å². The molecule has 2 aromatic rings. The molecule has 1 N–H and O–H groups in total. The van der Waals surface area contributed by atoms with Crippen LogP contribution in [-0.4, -0.2) is 30.3 Å². The molecule has 0 radical (unpaired) electrons. The lowest BCUT2D eigenvalue weighted by atomic mass is 10.1. The molecule has 3 heterocycles. The summed E-state index contributed by atoms with van der Waals surface area (Å²) in [6.45, 7) is 4.81. The molecule has 9 heteroatoms. The van der Waals surface area contributed by atoms with Gasteiger partial charge >= 0.3 is 0 Å². The van der Waals surface area contributed by atoms with Crippen LogP contribution in [0.3, 0.4) is 0 Å². The zero-order chi connectivity index (χ0) is 16.6. The van der Waals surface area contributed by atoms with Crippen molar-refractivity contribution in [2.75, 3.05) is 7.11 Å². The van der Waals surface area contributed by atoms with Crippen LogP contribution in [0.25, 0.3) is 0 Å². The molecule has 0 spiro atoms. The highest BCUT2D eigenvalue weighted by molar-refractivity contribution is 7.89. The third kappa shape index (κ3) is 3.32. The Bertz CT molecular complexity index is 810. The zero-order valence-electron chi connectivity index (χ0n) is 13.4. The molecule has 1 aliphatic rings. The van der Waals surface area contributed by atoms with Gasteiger partial charge in [-0.1, -0.05) is 0 Å².